The first kappa shape index (κ1) is 12.0. The monoisotopic (exact) mass is 291 g/mol. The van der Waals surface area contributed by atoms with Gasteiger partial charge in [-0.3, -0.25) is 0 Å². The zero-order valence-electron chi connectivity index (χ0n) is 9.87. The Morgan fingerprint density at radius 1 is 1.24 bits per heavy atom. The first-order valence-corrected chi connectivity index (χ1v) is 6.30. The molecule has 1 aromatic carbocycles. The fourth-order valence-corrected chi connectivity index (χ4v) is 2.15. The van der Waals surface area contributed by atoms with E-state index >= 15 is 0 Å². The molecule has 0 aliphatic carbocycles. The topological polar surface area (TPSA) is 51.8 Å². The van der Waals surface area contributed by atoms with Gasteiger partial charge in [-0.1, -0.05) is 31.2 Å². The predicted octanol–water partition coefficient (Wildman–Crippen LogP) is 3.36. The fraction of sp³-hybridized carbons (Fsp3) is 0.231. The van der Waals surface area contributed by atoms with Crippen LogP contribution in [0.1, 0.15) is 18.2 Å². The molecule has 0 radical (unpaired) electrons. The van der Waals surface area contributed by atoms with Crippen molar-refractivity contribution in [3.8, 4) is 11.4 Å². The molecule has 0 aliphatic heterocycles. The Morgan fingerprint density at radius 2 is 1.94 bits per heavy atom. The van der Waals surface area contributed by atoms with Gasteiger partial charge in [-0.25, -0.2) is 9.97 Å². The molecule has 0 aliphatic rings. The van der Waals surface area contributed by atoms with Crippen molar-refractivity contribution in [2.75, 3.05) is 5.73 Å². The minimum atomic E-state index is 0.495. The quantitative estimate of drug-likeness (QED) is 0.923. The molecular weight excluding hydrogens is 278 g/mol. The van der Waals surface area contributed by atoms with Crippen molar-refractivity contribution in [3.63, 3.8) is 0 Å². The summed E-state index contributed by atoms with van der Waals surface area (Å²) in [6, 6.07) is 8.04. The number of halogens is 1. The number of aryl methyl sites for hydroxylation is 2. The van der Waals surface area contributed by atoms with Crippen LogP contribution in [0.5, 0.6) is 0 Å². The largest absolute Gasteiger partial charge is 0.383 e. The highest BCUT2D eigenvalue weighted by molar-refractivity contribution is 9.10. The van der Waals surface area contributed by atoms with Crippen LogP contribution in [0, 0.1) is 6.92 Å². The Balaban J connectivity index is 2.61. The number of hydrogen-bond acceptors (Lipinski definition) is 3. The van der Waals surface area contributed by atoms with Crippen molar-refractivity contribution in [1.82, 2.24) is 9.97 Å². The number of aromatic nitrogens is 2. The van der Waals surface area contributed by atoms with Crippen LogP contribution in [-0.4, -0.2) is 9.97 Å². The smallest absolute Gasteiger partial charge is 0.162 e. The number of anilines is 1. The first-order chi connectivity index (χ1) is 8.13. The molecule has 0 saturated heterocycles. The third-order valence-corrected chi connectivity index (χ3v) is 3.53. The molecule has 2 aromatic rings. The standard InChI is InChI=1S/C13H14BrN3/c1-3-10-11(14)12(15)17-13(16-10)9-7-5-4-6-8(9)2/h4-7H,3H2,1-2H3,(H2,15,16,17). The van der Waals surface area contributed by atoms with Crippen molar-refractivity contribution < 1.29 is 0 Å². The van der Waals surface area contributed by atoms with E-state index in [-0.39, 0.29) is 0 Å². The lowest BCUT2D eigenvalue weighted by Gasteiger charge is -2.09. The third-order valence-electron chi connectivity index (χ3n) is 2.67. The molecule has 1 aromatic heterocycles. The summed E-state index contributed by atoms with van der Waals surface area (Å²) in [5.41, 5.74) is 9.01. The van der Waals surface area contributed by atoms with Crippen molar-refractivity contribution in [3.05, 3.63) is 40.0 Å². The molecule has 0 atom stereocenters. The van der Waals surface area contributed by atoms with Gasteiger partial charge in [-0.05, 0) is 34.8 Å². The molecule has 0 amide bonds. The molecule has 0 bridgehead atoms. The third kappa shape index (κ3) is 2.31. The molecule has 1 heterocycles. The summed E-state index contributed by atoms with van der Waals surface area (Å²) in [5.74, 6) is 1.19. The fourth-order valence-electron chi connectivity index (χ4n) is 1.69. The maximum atomic E-state index is 5.89. The van der Waals surface area contributed by atoms with Crippen molar-refractivity contribution in [1.29, 1.82) is 0 Å². The molecule has 4 heteroatoms. The van der Waals surface area contributed by atoms with E-state index in [0.29, 0.717) is 11.6 Å². The predicted molar refractivity (Wildman–Crippen MR) is 73.7 cm³/mol. The Labute approximate surface area is 109 Å². The van der Waals surface area contributed by atoms with Gasteiger partial charge in [0.05, 0.1) is 10.2 Å². The van der Waals surface area contributed by atoms with Crippen LogP contribution in [-0.2, 0) is 6.42 Å². The van der Waals surface area contributed by atoms with Crippen LogP contribution in [0.4, 0.5) is 5.82 Å². The first-order valence-electron chi connectivity index (χ1n) is 5.51. The normalized spacial score (nSPS) is 10.5. The minimum absolute atomic E-state index is 0.495. The van der Waals surface area contributed by atoms with Gasteiger partial charge in [0.15, 0.2) is 5.82 Å². The lowest BCUT2D eigenvalue weighted by atomic mass is 10.1. The SMILES string of the molecule is CCc1nc(-c2ccccc2C)nc(N)c1Br. The Kier molecular flexibility index (Phi) is 3.43. The van der Waals surface area contributed by atoms with Crippen LogP contribution < -0.4 is 5.73 Å². The van der Waals surface area contributed by atoms with E-state index in [1.54, 1.807) is 0 Å². The van der Waals surface area contributed by atoms with Gasteiger partial charge in [-0.2, -0.15) is 0 Å². The van der Waals surface area contributed by atoms with E-state index in [4.69, 9.17) is 5.73 Å². The number of rotatable bonds is 2. The second-order valence-corrected chi connectivity index (χ2v) is 4.65. The zero-order chi connectivity index (χ0) is 12.4. The van der Waals surface area contributed by atoms with Crippen LogP contribution in [0.2, 0.25) is 0 Å². The zero-order valence-corrected chi connectivity index (χ0v) is 11.5. The number of nitrogen functional groups attached to an aromatic ring is 1. The van der Waals surface area contributed by atoms with Gasteiger partial charge in [0.1, 0.15) is 5.82 Å². The highest BCUT2D eigenvalue weighted by Gasteiger charge is 2.11. The molecule has 2 N–H and O–H groups in total. The highest BCUT2D eigenvalue weighted by Crippen LogP contribution is 2.26. The van der Waals surface area contributed by atoms with E-state index in [9.17, 15) is 0 Å². The van der Waals surface area contributed by atoms with Gasteiger partial charge in [-0.15, -0.1) is 0 Å². The van der Waals surface area contributed by atoms with E-state index in [1.807, 2.05) is 38.1 Å². The lowest BCUT2D eigenvalue weighted by molar-refractivity contribution is 0.994. The second kappa shape index (κ2) is 4.84. The van der Waals surface area contributed by atoms with Gasteiger partial charge >= 0.3 is 0 Å². The molecule has 17 heavy (non-hydrogen) atoms. The summed E-state index contributed by atoms with van der Waals surface area (Å²) >= 11 is 3.42. The lowest BCUT2D eigenvalue weighted by Crippen LogP contribution is -2.02. The average Bonchev–Trinajstić information content (AvgIpc) is 2.33. The molecule has 0 fully saturated rings. The summed E-state index contributed by atoms with van der Waals surface area (Å²) in [5, 5.41) is 0. The van der Waals surface area contributed by atoms with Crippen molar-refractivity contribution >= 4 is 21.7 Å². The van der Waals surface area contributed by atoms with E-state index in [1.165, 1.54) is 0 Å². The maximum absolute atomic E-state index is 5.89. The van der Waals surface area contributed by atoms with Crippen molar-refractivity contribution in [2.45, 2.75) is 20.3 Å². The summed E-state index contributed by atoms with van der Waals surface area (Å²) in [4.78, 5) is 8.88. The Morgan fingerprint density at radius 3 is 2.59 bits per heavy atom. The number of nitrogens with zero attached hydrogens (tertiary/aromatic N) is 2. The van der Waals surface area contributed by atoms with E-state index in [0.717, 1.165) is 27.7 Å². The number of benzene rings is 1. The molecule has 3 nitrogen and oxygen atoms in total. The Bertz CT molecular complexity index is 552. The number of nitrogens with two attached hydrogens (primary N) is 1. The number of hydrogen-bond donors (Lipinski definition) is 1. The summed E-state index contributed by atoms with van der Waals surface area (Å²) in [6.07, 6.45) is 0.826. The van der Waals surface area contributed by atoms with E-state index < -0.39 is 0 Å². The summed E-state index contributed by atoms with van der Waals surface area (Å²) in [7, 11) is 0. The van der Waals surface area contributed by atoms with Gasteiger partial charge in [0, 0.05) is 5.56 Å². The molecule has 0 unspecified atom stereocenters. The molecule has 88 valence electrons. The minimum Gasteiger partial charge on any atom is -0.383 e. The molecule has 0 saturated carbocycles. The Hall–Kier alpha value is -1.42. The molecular formula is C13H14BrN3. The second-order valence-electron chi connectivity index (χ2n) is 3.86. The summed E-state index contributed by atoms with van der Waals surface area (Å²) in [6.45, 7) is 4.09. The summed E-state index contributed by atoms with van der Waals surface area (Å²) < 4.78 is 0.803. The average molecular weight is 292 g/mol. The molecule has 2 rings (SSSR count). The van der Waals surface area contributed by atoms with Gasteiger partial charge in [0.2, 0.25) is 0 Å². The maximum Gasteiger partial charge on any atom is 0.162 e. The van der Waals surface area contributed by atoms with E-state index in [2.05, 4.69) is 25.9 Å². The molecule has 0 spiro atoms. The van der Waals surface area contributed by atoms with Gasteiger partial charge in [0.25, 0.3) is 0 Å². The highest BCUT2D eigenvalue weighted by atomic mass is 79.9. The van der Waals surface area contributed by atoms with Crippen LogP contribution >= 0.6 is 15.9 Å². The van der Waals surface area contributed by atoms with Crippen LogP contribution in [0.3, 0.4) is 0 Å². The van der Waals surface area contributed by atoms with Crippen LogP contribution in [0.25, 0.3) is 11.4 Å². The van der Waals surface area contributed by atoms with Gasteiger partial charge < -0.3 is 5.73 Å². The van der Waals surface area contributed by atoms with Crippen LogP contribution in [0.15, 0.2) is 28.7 Å². The van der Waals surface area contributed by atoms with Crippen molar-refractivity contribution in [2.24, 2.45) is 0 Å².